The van der Waals surface area contributed by atoms with E-state index in [2.05, 4.69) is 33.0 Å². The molecule has 0 atom stereocenters. The number of hydrogen-bond donors (Lipinski definition) is 3. The van der Waals surface area contributed by atoms with Crippen LogP contribution in [-0.4, -0.2) is 42.4 Å². The molecule has 0 radical (unpaired) electrons. The Morgan fingerprint density at radius 2 is 1.97 bits per heavy atom. The molecular weight excluding hydrogens is 392 g/mol. The second-order valence-electron chi connectivity index (χ2n) is 7.98. The average Bonchev–Trinajstić information content (AvgIpc) is 3.40. The van der Waals surface area contributed by atoms with Gasteiger partial charge >= 0.3 is 0 Å². The third-order valence-electron chi connectivity index (χ3n) is 6.32. The van der Waals surface area contributed by atoms with Gasteiger partial charge < -0.3 is 20.1 Å². The molecule has 1 aliphatic carbocycles. The van der Waals surface area contributed by atoms with Crippen molar-refractivity contribution in [2.24, 2.45) is 0 Å². The number of halogens is 1. The van der Waals surface area contributed by atoms with Gasteiger partial charge in [0.2, 0.25) is 0 Å². The minimum atomic E-state index is -0.0926. The van der Waals surface area contributed by atoms with Crippen molar-refractivity contribution in [1.82, 2.24) is 20.8 Å². The number of ether oxygens (including phenoxy) is 2. The Kier molecular flexibility index (Phi) is 5.69. The molecule has 1 amide bonds. The number of aromatic amines is 1. The first-order chi connectivity index (χ1) is 13.8. The van der Waals surface area contributed by atoms with Gasteiger partial charge in [0.25, 0.3) is 5.91 Å². The molecule has 1 fully saturated rings. The molecule has 2 aromatic rings. The van der Waals surface area contributed by atoms with Crippen molar-refractivity contribution in [2.75, 3.05) is 26.3 Å². The molecule has 3 N–H and O–H groups in total. The average molecular weight is 419 g/mol. The number of aromatic nitrogens is 2. The van der Waals surface area contributed by atoms with Gasteiger partial charge in [-0.2, -0.15) is 5.10 Å². The summed E-state index contributed by atoms with van der Waals surface area (Å²) in [5.41, 5.74) is 3.77. The molecule has 1 aromatic heterocycles. The number of hydrogen-bond acceptors (Lipinski definition) is 5. The maximum atomic E-state index is 12.9. The van der Waals surface area contributed by atoms with E-state index >= 15 is 0 Å². The number of rotatable bonds is 4. The minimum Gasteiger partial charge on any atom is -0.486 e. The van der Waals surface area contributed by atoms with Crippen molar-refractivity contribution < 1.29 is 14.3 Å². The Morgan fingerprint density at radius 3 is 2.79 bits per heavy atom. The van der Waals surface area contributed by atoms with Crippen molar-refractivity contribution in [2.45, 2.75) is 44.1 Å². The van der Waals surface area contributed by atoms with Gasteiger partial charge in [-0.3, -0.25) is 9.89 Å². The van der Waals surface area contributed by atoms with E-state index in [-0.39, 0.29) is 23.7 Å². The molecule has 8 heteroatoms. The van der Waals surface area contributed by atoms with Gasteiger partial charge in [0.15, 0.2) is 17.2 Å². The number of nitrogens with one attached hydrogen (secondary N) is 3. The topological polar surface area (TPSA) is 88.3 Å². The first kappa shape index (κ1) is 20.0. The number of fused-ring (bicyclic) bond motifs is 2. The van der Waals surface area contributed by atoms with E-state index in [1.807, 2.05) is 6.07 Å². The van der Waals surface area contributed by atoms with Gasteiger partial charge in [-0.25, -0.2) is 0 Å². The van der Waals surface area contributed by atoms with Crippen molar-refractivity contribution >= 4 is 18.3 Å². The smallest absolute Gasteiger partial charge is 0.272 e. The van der Waals surface area contributed by atoms with Crippen LogP contribution in [-0.2, 0) is 18.4 Å². The molecule has 29 heavy (non-hydrogen) atoms. The molecule has 1 saturated carbocycles. The number of benzene rings is 1. The van der Waals surface area contributed by atoms with Crippen molar-refractivity contribution in [3.63, 3.8) is 0 Å². The number of H-pyrrole nitrogens is 1. The van der Waals surface area contributed by atoms with E-state index in [1.54, 1.807) is 0 Å². The largest absolute Gasteiger partial charge is 0.486 e. The summed E-state index contributed by atoms with van der Waals surface area (Å²) in [6, 6.07) is 6.24. The molecule has 5 rings (SSSR count). The quantitative estimate of drug-likeness (QED) is 0.710. The fraction of sp³-hybridized carbons (Fsp3) is 0.524. The lowest BCUT2D eigenvalue weighted by Crippen LogP contribution is -2.39. The molecule has 0 saturated heterocycles. The lowest BCUT2D eigenvalue weighted by Gasteiger charge is -2.31. The van der Waals surface area contributed by atoms with E-state index in [9.17, 15) is 4.79 Å². The zero-order valence-electron chi connectivity index (χ0n) is 16.4. The van der Waals surface area contributed by atoms with Crippen LogP contribution in [0.1, 0.15) is 53.0 Å². The minimum absolute atomic E-state index is 0. The Morgan fingerprint density at radius 1 is 1.17 bits per heavy atom. The molecular formula is C21H27ClN4O3. The second kappa shape index (κ2) is 8.24. The summed E-state index contributed by atoms with van der Waals surface area (Å²) in [5, 5.41) is 13.8. The van der Waals surface area contributed by atoms with Crippen LogP contribution in [0.25, 0.3) is 0 Å². The van der Waals surface area contributed by atoms with Gasteiger partial charge in [-0.1, -0.05) is 18.9 Å². The second-order valence-corrected chi connectivity index (χ2v) is 7.98. The molecule has 3 aliphatic rings. The maximum Gasteiger partial charge on any atom is 0.272 e. The zero-order valence-corrected chi connectivity index (χ0v) is 17.2. The van der Waals surface area contributed by atoms with Crippen molar-refractivity contribution in [1.29, 1.82) is 0 Å². The Balaban J connectivity index is 0.00000205. The summed E-state index contributed by atoms with van der Waals surface area (Å²) in [6.45, 7) is 3.40. The van der Waals surface area contributed by atoms with Crippen molar-refractivity contribution in [3.8, 4) is 11.5 Å². The number of carbonyl (C=O) groups is 1. The molecule has 0 bridgehead atoms. The molecule has 0 unspecified atom stereocenters. The van der Waals surface area contributed by atoms with Crippen LogP contribution in [0, 0.1) is 0 Å². The molecule has 156 valence electrons. The summed E-state index contributed by atoms with van der Waals surface area (Å²) in [6.07, 6.45) is 5.36. The molecule has 2 aliphatic heterocycles. The predicted octanol–water partition coefficient (Wildman–Crippen LogP) is 2.49. The fourth-order valence-electron chi connectivity index (χ4n) is 4.74. The van der Waals surface area contributed by atoms with Gasteiger partial charge in [0.1, 0.15) is 13.2 Å². The first-order valence-corrected chi connectivity index (χ1v) is 10.2. The van der Waals surface area contributed by atoms with Gasteiger partial charge in [-0.05, 0) is 30.5 Å². The van der Waals surface area contributed by atoms with Crippen LogP contribution in [0.5, 0.6) is 11.5 Å². The first-order valence-electron chi connectivity index (χ1n) is 10.2. The fourth-order valence-corrected chi connectivity index (χ4v) is 4.74. The van der Waals surface area contributed by atoms with Crippen LogP contribution in [0.4, 0.5) is 0 Å². The number of carbonyl (C=O) groups excluding carboxylic acids is 1. The summed E-state index contributed by atoms with van der Waals surface area (Å²) in [7, 11) is 0. The third kappa shape index (κ3) is 3.69. The predicted molar refractivity (Wildman–Crippen MR) is 111 cm³/mol. The molecule has 3 heterocycles. The molecule has 0 spiro atoms. The summed E-state index contributed by atoms with van der Waals surface area (Å²) < 4.78 is 11.4. The van der Waals surface area contributed by atoms with Crippen molar-refractivity contribution in [3.05, 3.63) is 40.7 Å². The third-order valence-corrected chi connectivity index (χ3v) is 6.32. The van der Waals surface area contributed by atoms with Crippen LogP contribution in [0.2, 0.25) is 0 Å². The number of amides is 1. The summed E-state index contributed by atoms with van der Waals surface area (Å²) >= 11 is 0. The van der Waals surface area contributed by atoms with Crippen LogP contribution >= 0.6 is 12.4 Å². The van der Waals surface area contributed by atoms with E-state index < -0.39 is 0 Å². The highest BCUT2D eigenvalue weighted by molar-refractivity contribution is 5.94. The van der Waals surface area contributed by atoms with Gasteiger partial charge in [-0.15, -0.1) is 12.4 Å². The molecule has 7 nitrogen and oxygen atoms in total. The monoisotopic (exact) mass is 418 g/mol. The van der Waals surface area contributed by atoms with Crippen LogP contribution in [0.15, 0.2) is 18.2 Å². The van der Waals surface area contributed by atoms with Gasteiger partial charge in [0, 0.05) is 42.7 Å². The summed E-state index contributed by atoms with van der Waals surface area (Å²) in [5.74, 6) is 1.53. The van der Waals surface area contributed by atoms with Crippen LogP contribution < -0.4 is 20.1 Å². The standard InChI is InChI=1S/C21H26N4O3.ClH/c26-20(19-15-12-22-8-5-16(15)24-25-19)23-13-21(6-1-2-7-21)14-3-4-17-18(11-14)28-10-9-27-17;/h3-4,11,22H,1-2,5-10,12-13H2,(H,23,26)(H,24,25);1H. The number of nitrogens with zero attached hydrogens (tertiary/aromatic N) is 1. The Bertz CT molecular complexity index is 892. The summed E-state index contributed by atoms with van der Waals surface area (Å²) in [4.78, 5) is 12.9. The Labute approximate surface area is 176 Å². The van der Waals surface area contributed by atoms with Crippen LogP contribution in [0.3, 0.4) is 0 Å². The van der Waals surface area contributed by atoms with E-state index in [0.29, 0.717) is 32.0 Å². The van der Waals surface area contributed by atoms with E-state index in [0.717, 1.165) is 48.6 Å². The van der Waals surface area contributed by atoms with E-state index in [1.165, 1.54) is 18.4 Å². The lowest BCUT2D eigenvalue weighted by molar-refractivity contribution is 0.0937. The SMILES string of the molecule is Cl.O=C(NCC1(c2ccc3c(c2)OCCO3)CCCC1)c1n[nH]c2c1CNCC2. The Hall–Kier alpha value is -2.25. The van der Waals surface area contributed by atoms with E-state index in [4.69, 9.17) is 9.47 Å². The maximum absolute atomic E-state index is 12.9. The normalized spacial score (nSPS) is 19.2. The highest BCUT2D eigenvalue weighted by Crippen LogP contribution is 2.43. The lowest BCUT2D eigenvalue weighted by atomic mass is 9.78. The highest BCUT2D eigenvalue weighted by Gasteiger charge is 2.37. The van der Waals surface area contributed by atoms with Gasteiger partial charge in [0.05, 0.1) is 0 Å². The highest BCUT2D eigenvalue weighted by atomic mass is 35.5. The molecule has 1 aromatic carbocycles. The zero-order chi connectivity index (χ0) is 19.0.